The summed E-state index contributed by atoms with van der Waals surface area (Å²) in [7, 11) is 4.37. The van der Waals surface area contributed by atoms with Crippen molar-refractivity contribution in [3.05, 3.63) is 41.5 Å². The normalized spacial score (nSPS) is 15.8. The number of hydrogen-bond acceptors (Lipinski definition) is 1. The molecule has 20 heavy (non-hydrogen) atoms. The number of benzene rings is 1. The third-order valence-corrected chi connectivity index (χ3v) is 9.36. The molecule has 0 amide bonds. The quantitative estimate of drug-likeness (QED) is 0.531. The van der Waals surface area contributed by atoms with Crippen molar-refractivity contribution in [2.75, 3.05) is 20.6 Å². The summed E-state index contributed by atoms with van der Waals surface area (Å²) in [5.41, 5.74) is 3.04. The SMILES string of the molecule is CN(C)C[C](C)(C)[Hf][CH]1C=Cc2ccccc21.Cl.Cl.Cl. The molecule has 0 bridgehead atoms. The minimum absolute atomic E-state index is 0. The Kier molecular flexibility index (Phi) is 11.0. The molecule has 0 fully saturated rings. The van der Waals surface area contributed by atoms with Gasteiger partial charge in [-0.3, -0.25) is 0 Å². The van der Waals surface area contributed by atoms with Crippen LogP contribution in [0.3, 0.4) is 0 Å². The van der Waals surface area contributed by atoms with Gasteiger partial charge in [-0.15, -0.1) is 37.2 Å². The van der Waals surface area contributed by atoms with E-state index in [0.717, 1.165) is 3.67 Å². The van der Waals surface area contributed by atoms with E-state index in [4.69, 9.17) is 0 Å². The fourth-order valence-electron chi connectivity index (χ4n) is 2.63. The van der Waals surface area contributed by atoms with Crippen molar-refractivity contribution in [3.63, 3.8) is 0 Å². The van der Waals surface area contributed by atoms with Crippen molar-refractivity contribution < 1.29 is 22.9 Å². The Bertz CT molecular complexity index is 433. The second kappa shape index (κ2) is 9.63. The molecule has 0 heterocycles. The number of allylic oxidation sites excluding steroid dienone is 1. The molecule has 114 valence electrons. The van der Waals surface area contributed by atoms with E-state index in [0.29, 0.717) is 3.17 Å². The van der Waals surface area contributed by atoms with Gasteiger partial charge in [-0.2, -0.15) is 0 Å². The van der Waals surface area contributed by atoms with Crippen LogP contribution in [0.1, 0.15) is 28.6 Å². The van der Waals surface area contributed by atoms with E-state index in [2.05, 4.69) is 69.3 Å². The first-order valence-electron chi connectivity index (χ1n) is 6.17. The Balaban J connectivity index is 0. The van der Waals surface area contributed by atoms with Crippen LogP contribution in [0.5, 0.6) is 0 Å². The molecular weight excluding hydrogens is 479 g/mol. The largest absolute Gasteiger partial charge is 0.147 e. The molecule has 1 aliphatic carbocycles. The molecule has 0 aromatic heterocycles. The topological polar surface area (TPSA) is 3.24 Å². The summed E-state index contributed by atoms with van der Waals surface area (Å²) in [6.07, 6.45) is 4.77. The number of nitrogens with zero attached hydrogens (tertiary/aromatic N) is 1. The maximum absolute atomic E-state index is 2.45. The summed E-state index contributed by atoms with van der Waals surface area (Å²) < 4.78 is 1.34. The van der Waals surface area contributed by atoms with Crippen LogP contribution in [0.25, 0.3) is 6.08 Å². The third kappa shape index (κ3) is 6.19. The van der Waals surface area contributed by atoms with Gasteiger partial charge in [-0.05, 0) is 0 Å². The van der Waals surface area contributed by atoms with Gasteiger partial charge in [-0.1, -0.05) is 0 Å². The van der Waals surface area contributed by atoms with Gasteiger partial charge in [0, 0.05) is 0 Å². The van der Waals surface area contributed by atoms with Gasteiger partial charge in [0.1, 0.15) is 0 Å². The zero-order valence-corrected chi connectivity index (χ0v) is 18.5. The van der Waals surface area contributed by atoms with Gasteiger partial charge in [-0.25, -0.2) is 0 Å². The first-order chi connectivity index (χ1) is 7.98. The molecule has 5 heteroatoms. The molecule has 1 aliphatic rings. The van der Waals surface area contributed by atoms with Crippen LogP contribution in [0.2, 0.25) is 3.17 Å². The fourth-order valence-corrected chi connectivity index (χ4v) is 9.32. The summed E-state index contributed by atoms with van der Waals surface area (Å²) in [5, 5.41) is 0. The maximum Gasteiger partial charge on any atom is -0.147 e. The third-order valence-electron chi connectivity index (χ3n) is 3.06. The molecule has 2 rings (SSSR count). The smallest absolute Gasteiger partial charge is 0.147 e. The Morgan fingerprint density at radius 3 is 2.30 bits per heavy atom. The molecule has 0 aliphatic heterocycles. The van der Waals surface area contributed by atoms with Crippen molar-refractivity contribution in [1.82, 2.24) is 4.90 Å². The van der Waals surface area contributed by atoms with E-state index in [9.17, 15) is 0 Å². The summed E-state index contributed by atoms with van der Waals surface area (Å²) in [5.74, 6) is 0. The number of fused-ring (bicyclic) bond motifs is 1. The molecule has 1 aromatic carbocycles. The van der Waals surface area contributed by atoms with Crippen molar-refractivity contribution in [2.24, 2.45) is 0 Å². The molecule has 1 aromatic rings. The second-order valence-electron chi connectivity index (χ2n) is 5.73. The molecule has 1 unspecified atom stereocenters. The van der Waals surface area contributed by atoms with Crippen molar-refractivity contribution in [2.45, 2.75) is 20.7 Å². The average Bonchev–Trinajstić information content (AvgIpc) is 2.59. The number of hydrogen-bond donors (Lipinski definition) is 0. The van der Waals surface area contributed by atoms with E-state index < -0.39 is 22.9 Å². The van der Waals surface area contributed by atoms with Crippen LogP contribution in [-0.2, 0) is 22.9 Å². The summed E-state index contributed by atoms with van der Waals surface area (Å²) >= 11 is -0.718. The predicted octanol–water partition coefficient (Wildman–Crippen LogP) is 4.86. The zero-order valence-electron chi connectivity index (χ0n) is 12.4. The van der Waals surface area contributed by atoms with E-state index in [1.54, 1.807) is 5.56 Å². The Morgan fingerprint density at radius 2 is 1.70 bits per heavy atom. The Hall–Kier alpha value is 0.660. The molecule has 1 atom stereocenters. The summed E-state index contributed by atoms with van der Waals surface area (Å²) in [4.78, 5) is 2.33. The van der Waals surface area contributed by atoms with E-state index >= 15 is 0 Å². The van der Waals surface area contributed by atoms with Gasteiger partial charge < -0.3 is 0 Å². The van der Waals surface area contributed by atoms with Crippen LogP contribution in [-0.4, -0.2) is 25.5 Å². The summed E-state index contributed by atoms with van der Waals surface area (Å²) in [6.45, 7) is 6.12. The molecule has 0 radical (unpaired) electrons. The van der Waals surface area contributed by atoms with Crippen molar-refractivity contribution >= 4 is 43.3 Å². The van der Waals surface area contributed by atoms with Gasteiger partial charge >= 0.3 is 117 Å². The van der Waals surface area contributed by atoms with Crippen molar-refractivity contribution in [3.8, 4) is 0 Å². The molecule has 0 N–H and O–H groups in total. The Morgan fingerprint density at radius 1 is 1.10 bits per heavy atom. The van der Waals surface area contributed by atoms with Crippen LogP contribution < -0.4 is 0 Å². The van der Waals surface area contributed by atoms with Crippen LogP contribution >= 0.6 is 37.2 Å². The average molecular weight is 503 g/mol. The van der Waals surface area contributed by atoms with Gasteiger partial charge in [0.05, 0.1) is 0 Å². The first-order valence-corrected chi connectivity index (χ1v) is 10.0. The fraction of sp³-hybridized carbons (Fsp3) is 0.467. The Labute approximate surface area is 153 Å². The number of halogens is 3. The minimum Gasteiger partial charge on any atom is -0.147 e. The molecule has 1 nitrogen and oxygen atoms in total. The van der Waals surface area contributed by atoms with Crippen LogP contribution in [0.15, 0.2) is 30.3 Å². The van der Waals surface area contributed by atoms with Gasteiger partial charge in [0.2, 0.25) is 0 Å². The predicted molar refractivity (Wildman–Crippen MR) is 92.6 cm³/mol. The minimum atomic E-state index is -0.718. The van der Waals surface area contributed by atoms with Gasteiger partial charge in [0.25, 0.3) is 0 Å². The van der Waals surface area contributed by atoms with Crippen molar-refractivity contribution in [1.29, 1.82) is 0 Å². The van der Waals surface area contributed by atoms with Gasteiger partial charge in [0.15, 0.2) is 0 Å². The first kappa shape index (κ1) is 22.9. The maximum atomic E-state index is 2.45. The zero-order chi connectivity index (χ0) is 12.5. The molecular formula is C15H24Cl3HfN. The standard InChI is InChI=1S/C9H7.C6H14N.3ClH.Hf/c1-2-5-9-7-3-6-8(9)4-1;1-6(2)5-7(3)4;;;;/h1-7H;5H2,1-4H3;3*1H;. The van der Waals surface area contributed by atoms with Crippen LogP contribution in [0, 0.1) is 0 Å². The monoisotopic (exact) mass is 503 g/mol. The second-order valence-corrected chi connectivity index (χ2v) is 13.9. The summed E-state index contributed by atoms with van der Waals surface area (Å²) in [6, 6.07) is 8.89. The molecule has 0 spiro atoms. The number of rotatable bonds is 4. The molecule has 0 saturated carbocycles. The molecule has 0 saturated heterocycles. The van der Waals surface area contributed by atoms with E-state index in [-0.39, 0.29) is 37.2 Å². The van der Waals surface area contributed by atoms with E-state index in [1.807, 2.05) is 0 Å². The van der Waals surface area contributed by atoms with E-state index in [1.165, 1.54) is 12.1 Å². The van der Waals surface area contributed by atoms with Crippen LogP contribution in [0.4, 0.5) is 0 Å².